The van der Waals surface area contributed by atoms with Crippen LogP contribution in [0.25, 0.3) is 0 Å². The third-order valence-corrected chi connectivity index (χ3v) is 1.91. The maximum atomic E-state index is 10.0. The number of anilines is 1. The van der Waals surface area contributed by atoms with Gasteiger partial charge in [0.25, 0.3) is 0 Å². The van der Waals surface area contributed by atoms with Gasteiger partial charge in [0, 0.05) is 18.1 Å². The lowest BCUT2D eigenvalue weighted by Crippen LogP contribution is -2.13. The summed E-state index contributed by atoms with van der Waals surface area (Å²) in [6.45, 7) is 0.687. The van der Waals surface area contributed by atoms with Crippen LogP contribution in [0.3, 0.4) is 0 Å². The lowest BCUT2D eigenvalue weighted by molar-refractivity contribution is -0.142. The van der Waals surface area contributed by atoms with Crippen molar-refractivity contribution in [2.45, 2.75) is 0 Å². The molecule has 5 nitrogen and oxygen atoms in total. The Morgan fingerprint density at radius 2 is 2.62 bits per heavy atom. The monoisotopic (exact) mass is 202 g/mol. The van der Waals surface area contributed by atoms with E-state index in [2.05, 4.69) is 10.3 Å². The molecule has 0 fully saturated rings. The van der Waals surface area contributed by atoms with Gasteiger partial charge in [-0.05, 0) is 0 Å². The molecule has 1 rings (SSSR count). The van der Waals surface area contributed by atoms with Crippen LogP contribution in [0.4, 0.5) is 5.13 Å². The fraction of sp³-hybridized carbons (Fsp3) is 0.429. The summed E-state index contributed by atoms with van der Waals surface area (Å²) in [5, 5.41) is 13.9. The van der Waals surface area contributed by atoms with Crippen LogP contribution in [0.1, 0.15) is 0 Å². The molecule has 1 aromatic heterocycles. The van der Waals surface area contributed by atoms with Gasteiger partial charge in [-0.1, -0.05) is 0 Å². The Balaban J connectivity index is 1.99. The lowest BCUT2D eigenvalue weighted by Gasteiger charge is -2.01. The highest BCUT2D eigenvalue weighted by Gasteiger charge is 1.96. The average molecular weight is 202 g/mol. The maximum Gasteiger partial charge on any atom is 0.329 e. The Kier molecular flexibility index (Phi) is 4.20. The van der Waals surface area contributed by atoms with Crippen molar-refractivity contribution in [3.05, 3.63) is 11.6 Å². The SMILES string of the molecule is O=C(O)COCCNc1nccs1. The predicted molar refractivity (Wildman–Crippen MR) is 49.1 cm³/mol. The number of thiazole rings is 1. The molecule has 0 amide bonds. The van der Waals surface area contributed by atoms with Crippen molar-refractivity contribution in [2.24, 2.45) is 0 Å². The average Bonchev–Trinajstić information content (AvgIpc) is 2.55. The van der Waals surface area contributed by atoms with E-state index in [-0.39, 0.29) is 6.61 Å². The topological polar surface area (TPSA) is 71.5 Å². The lowest BCUT2D eigenvalue weighted by atomic mass is 10.6. The summed E-state index contributed by atoms with van der Waals surface area (Å²) in [7, 11) is 0. The van der Waals surface area contributed by atoms with Gasteiger partial charge in [0.1, 0.15) is 6.61 Å². The minimum Gasteiger partial charge on any atom is -0.480 e. The number of rotatable bonds is 6. The van der Waals surface area contributed by atoms with E-state index >= 15 is 0 Å². The van der Waals surface area contributed by atoms with Gasteiger partial charge in [-0.2, -0.15) is 0 Å². The van der Waals surface area contributed by atoms with Gasteiger partial charge in [0.05, 0.1) is 6.61 Å². The molecule has 72 valence electrons. The van der Waals surface area contributed by atoms with Gasteiger partial charge < -0.3 is 15.2 Å². The van der Waals surface area contributed by atoms with Crippen molar-refractivity contribution in [3.8, 4) is 0 Å². The first-order valence-electron chi connectivity index (χ1n) is 3.72. The Morgan fingerprint density at radius 1 is 1.77 bits per heavy atom. The third-order valence-electron chi connectivity index (χ3n) is 1.18. The Bertz CT molecular complexity index is 250. The zero-order valence-electron chi connectivity index (χ0n) is 6.90. The second-order valence-electron chi connectivity index (χ2n) is 2.21. The molecule has 0 bridgehead atoms. The molecule has 6 heteroatoms. The van der Waals surface area contributed by atoms with Crippen molar-refractivity contribution in [1.82, 2.24) is 4.98 Å². The smallest absolute Gasteiger partial charge is 0.329 e. The quantitative estimate of drug-likeness (QED) is 0.663. The second kappa shape index (κ2) is 5.50. The Hall–Kier alpha value is -1.14. The molecular weight excluding hydrogens is 192 g/mol. The summed E-state index contributed by atoms with van der Waals surface area (Å²) in [6, 6.07) is 0. The molecule has 0 aromatic carbocycles. The summed E-state index contributed by atoms with van der Waals surface area (Å²) < 4.78 is 4.81. The van der Waals surface area contributed by atoms with E-state index < -0.39 is 5.97 Å². The van der Waals surface area contributed by atoms with Crippen molar-refractivity contribution in [3.63, 3.8) is 0 Å². The number of aliphatic carboxylic acids is 1. The van der Waals surface area contributed by atoms with E-state index in [4.69, 9.17) is 9.84 Å². The highest BCUT2D eigenvalue weighted by atomic mass is 32.1. The predicted octanol–water partition coefficient (Wildman–Crippen LogP) is 0.656. The first kappa shape index (κ1) is 9.94. The van der Waals surface area contributed by atoms with Crippen LogP contribution in [0, 0.1) is 0 Å². The third kappa shape index (κ3) is 4.44. The molecule has 0 saturated heterocycles. The molecule has 0 spiro atoms. The summed E-state index contributed by atoms with van der Waals surface area (Å²) in [5.74, 6) is -0.950. The zero-order chi connectivity index (χ0) is 9.52. The molecule has 0 unspecified atom stereocenters. The molecule has 1 aromatic rings. The number of aromatic nitrogens is 1. The van der Waals surface area contributed by atoms with E-state index in [9.17, 15) is 4.79 Å². The fourth-order valence-corrected chi connectivity index (χ4v) is 1.26. The number of hydrogen-bond donors (Lipinski definition) is 2. The second-order valence-corrected chi connectivity index (χ2v) is 3.10. The number of ether oxygens (including phenoxy) is 1. The Morgan fingerprint density at radius 3 is 3.23 bits per heavy atom. The normalized spacial score (nSPS) is 9.85. The first-order valence-corrected chi connectivity index (χ1v) is 4.60. The summed E-state index contributed by atoms with van der Waals surface area (Å²) >= 11 is 1.49. The standard InChI is InChI=1S/C7H10N2O3S/c10-6(11)5-12-3-1-8-7-9-2-4-13-7/h2,4H,1,3,5H2,(H,8,9)(H,10,11). The highest BCUT2D eigenvalue weighted by Crippen LogP contribution is 2.08. The fourth-order valence-electron chi connectivity index (χ4n) is 0.700. The van der Waals surface area contributed by atoms with Gasteiger partial charge in [-0.25, -0.2) is 9.78 Å². The van der Waals surface area contributed by atoms with Crippen LogP contribution >= 0.6 is 11.3 Å². The minimum atomic E-state index is -0.950. The van der Waals surface area contributed by atoms with Crippen LogP contribution in [0.15, 0.2) is 11.6 Å². The van der Waals surface area contributed by atoms with Crippen LogP contribution in [-0.4, -0.2) is 35.8 Å². The van der Waals surface area contributed by atoms with E-state index in [1.54, 1.807) is 6.20 Å². The number of nitrogens with one attached hydrogen (secondary N) is 1. The number of carboxylic acid groups (broad SMARTS) is 1. The van der Waals surface area contributed by atoms with E-state index in [0.29, 0.717) is 13.2 Å². The molecule has 0 saturated carbocycles. The number of carbonyl (C=O) groups is 1. The van der Waals surface area contributed by atoms with Gasteiger partial charge in [0.2, 0.25) is 0 Å². The van der Waals surface area contributed by atoms with Gasteiger partial charge >= 0.3 is 5.97 Å². The molecule has 1 heterocycles. The van der Waals surface area contributed by atoms with Gasteiger partial charge in [0.15, 0.2) is 5.13 Å². The van der Waals surface area contributed by atoms with Crippen LogP contribution < -0.4 is 5.32 Å². The van der Waals surface area contributed by atoms with Crippen LogP contribution in [-0.2, 0) is 9.53 Å². The summed E-state index contributed by atoms with van der Waals surface area (Å²) in [5.41, 5.74) is 0. The van der Waals surface area contributed by atoms with Crippen molar-refractivity contribution in [1.29, 1.82) is 0 Å². The molecule has 0 radical (unpaired) electrons. The summed E-state index contributed by atoms with van der Waals surface area (Å²) in [4.78, 5) is 14.0. The highest BCUT2D eigenvalue weighted by molar-refractivity contribution is 7.13. The van der Waals surface area contributed by atoms with Crippen molar-refractivity contribution in [2.75, 3.05) is 25.1 Å². The van der Waals surface area contributed by atoms with Gasteiger partial charge in [-0.15, -0.1) is 11.3 Å². The van der Waals surface area contributed by atoms with Crippen molar-refractivity contribution < 1.29 is 14.6 Å². The molecule has 0 atom stereocenters. The van der Waals surface area contributed by atoms with Gasteiger partial charge in [-0.3, -0.25) is 0 Å². The summed E-state index contributed by atoms with van der Waals surface area (Å²) in [6.07, 6.45) is 1.70. The largest absolute Gasteiger partial charge is 0.480 e. The minimum absolute atomic E-state index is 0.250. The Labute approximate surface area is 79.4 Å². The van der Waals surface area contributed by atoms with E-state index in [1.165, 1.54) is 11.3 Å². The van der Waals surface area contributed by atoms with Crippen molar-refractivity contribution >= 4 is 22.4 Å². The molecule has 13 heavy (non-hydrogen) atoms. The maximum absolute atomic E-state index is 10.0. The van der Waals surface area contributed by atoms with Crippen LogP contribution in [0.5, 0.6) is 0 Å². The number of hydrogen-bond acceptors (Lipinski definition) is 5. The zero-order valence-corrected chi connectivity index (χ0v) is 7.71. The molecule has 0 aliphatic carbocycles. The molecular formula is C7H10N2O3S. The number of nitrogens with zero attached hydrogens (tertiary/aromatic N) is 1. The number of carboxylic acids is 1. The van der Waals surface area contributed by atoms with Crippen LogP contribution in [0.2, 0.25) is 0 Å². The molecule has 0 aliphatic rings. The van der Waals surface area contributed by atoms with E-state index in [1.807, 2.05) is 5.38 Å². The molecule has 0 aliphatic heterocycles. The first-order chi connectivity index (χ1) is 6.29. The molecule has 2 N–H and O–H groups in total. The van der Waals surface area contributed by atoms with E-state index in [0.717, 1.165) is 5.13 Å².